The first-order chi connectivity index (χ1) is 17.7. The van der Waals surface area contributed by atoms with Crippen LogP contribution < -0.4 is 0 Å². The van der Waals surface area contributed by atoms with Gasteiger partial charge in [-0.05, 0) is 5.92 Å². The van der Waals surface area contributed by atoms with Gasteiger partial charge in [0, 0.05) is 0 Å². The van der Waals surface area contributed by atoms with E-state index >= 15 is 0 Å². The molecule has 0 unspecified atom stereocenters. The maximum absolute atomic E-state index is 9.12. The summed E-state index contributed by atoms with van der Waals surface area (Å²) in [5, 5.41) is 15.0. The fourth-order valence-electron chi connectivity index (χ4n) is 5.55. The third kappa shape index (κ3) is 31.5. The van der Waals surface area contributed by atoms with Crippen LogP contribution in [-0.2, 0) is 4.79 Å². The van der Waals surface area contributed by atoms with Crippen LogP contribution >= 0.6 is 0 Å². The lowest BCUT2D eigenvalue weighted by molar-refractivity contribution is -0.140. The first-order valence-corrected chi connectivity index (χ1v) is 16.5. The van der Waals surface area contributed by atoms with Crippen LogP contribution in [0.5, 0.6) is 0 Å². The van der Waals surface area contributed by atoms with E-state index in [1.165, 1.54) is 186 Å². The minimum atomic E-state index is -1.19. The fourth-order valence-corrected chi connectivity index (χ4v) is 5.55. The van der Waals surface area contributed by atoms with Crippen molar-refractivity contribution < 1.29 is 15.0 Å². The van der Waals surface area contributed by atoms with Crippen molar-refractivity contribution in [3.05, 3.63) is 0 Å². The highest BCUT2D eigenvalue weighted by molar-refractivity contribution is 5.67. The summed E-state index contributed by atoms with van der Waals surface area (Å²) in [6, 6.07) is 0. The van der Waals surface area contributed by atoms with Crippen molar-refractivity contribution in [2.75, 3.05) is 6.61 Å². The van der Waals surface area contributed by atoms with Gasteiger partial charge in [-0.2, -0.15) is 0 Å². The first kappa shape index (κ1) is 35.4. The summed E-state index contributed by atoms with van der Waals surface area (Å²) in [5.41, 5.74) is 0. The zero-order chi connectivity index (χ0) is 26.4. The van der Waals surface area contributed by atoms with Gasteiger partial charge in [0.15, 0.2) is 0 Å². The second-order valence-corrected chi connectivity index (χ2v) is 11.8. The third-order valence-corrected chi connectivity index (χ3v) is 8.03. The van der Waals surface area contributed by atoms with Crippen molar-refractivity contribution in [2.24, 2.45) is 5.92 Å². The van der Waals surface area contributed by atoms with Gasteiger partial charge in [0.1, 0.15) is 6.61 Å². The molecule has 3 saturated carbocycles. The molecule has 3 aliphatic carbocycles. The van der Waals surface area contributed by atoms with Crippen molar-refractivity contribution >= 4 is 5.97 Å². The van der Waals surface area contributed by atoms with Crippen LogP contribution in [0.2, 0.25) is 0 Å². The topological polar surface area (TPSA) is 57.5 Å². The van der Waals surface area contributed by atoms with Crippen LogP contribution in [0.15, 0.2) is 0 Å². The number of carbonyl (C=O) groups is 1. The Morgan fingerprint density at radius 3 is 0.722 bits per heavy atom. The summed E-state index contributed by atoms with van der Waals surface area (Å²) in [7, 11) is 0. The van der Waals surface area contributed by atoms with E-state index in [-0.39, 0.29) is 0 Å². The molecule has 0 amide bonds. The molecule has 216 valence electrons. The van der Waals surface area contributed by atoms with Crippen molar-refractivity contribution in [3.8, 4) is 0 Å². The Morgan fingerprint density at radius 2 is 0.583 bits per heavy atom. The number of hydrogen-bond donors (Lipinski definition) is 2. The highest BCUT2D eigenvalue weighted by atomic mass is 16.4. The molecule has 0 radical (unpaired) electrons. The standard InChI is InChI=1S/C11H22.2C10H20.C2H4O3/c1-11-9-7-5-3-2-4-6-8-10-11;2*1-2-4-6-8-10-9-7-5-3-1;3-1-2(4)5/h11H,2-10H2,1H3;2*1-10H2;3H,1H2,(H,4,5). The smallest absolute Gasteiger partial charge is 0.329 e. The first-order valence-electron chi connectivity index (χ1n) is 16.5. The van der Waals surface area contributed by atoms with Gasteiger partial charge in [-0.1, -0.05) is 193 Å². The molecule has 2 N–H and O–H groups in total. The molecule has 0 aromatic carbocycles. The Hall–Kier alpha value is -0.570. The second kappa shape index (κ2) is 30.7. The van der Waals surface area contributed by atoms with E-state index in [4.69, 9.17) is 15.0 Å². The lowest BCUT2D eigenvalue weighted by atomic mass is 9.94. The molecule has 0 saturated heterocycles. The number of rotatable bonds is 1. The highest BCUT2D eigenvalue weighted by Gasteiger charge is 2.03. The van der Waals surface area contributed by atoms with Crippen LogP contribution in [0.3, 0.4) is 0 Å². The molecule has 0 aliphatic heterocycles. The summed E-state index contributed by atoms with van der Waals surface area (Å²) in [4.78, 5) is 9.12. The van der Waals surface area contributed by atoms with Crippen LogP contribution in [0.25, 0.3) is 0 Å². The number of aliphatic carboxylic acids is 1. The van der Waals surface area contributed by atoms with Crippen molar-refractivity contribution in [3.63, 3.8) is 0 Å². The molecule has 0 aromatic heterocycles. The van der Waals surface area contributed by atoms with Gasteiger partial charge in [-0.3, -0.25) is 0 Å². The number of aliphatic hydroxyl groups excluding tert-OH is 1. The monoisotopic (exact) mass is 511 g/mol. The zero-order valence-electron chi connectivity index (χ0n) is 24.6. The molecular formula is C33H66O3. The molecular weight excluding hydrogens is 444 g/mol. The molecule has 0 atom stereocenters. The lowest BCUT2D eigenvalue weighted by Crippen LogP contribution is -1.98. The van der Waals surface area contributed by atoms with Crippen LogP contribution in [-0.4, -0.2) is 22.8 Å². The van der Waals surface area contributed by atoms with E-state index < -0.39 is 12.6 Å². The molecule has 3 heteroatoms. The summed E-state index contributed by atoms with van der Waals surface area (Å²) >= 11 is 0. The summed E-state index contributed by atoms with van der Waals surface area (Å²) < 4.78 is 0. The number of carboxylic acid groups (broad SMARTS) is 1. The number of carboxylic acids is 1. The normalized spacial score (nSPS) is 21.9. The van der Waals surface area contributed by atoms with E-state index in [9.17, 15) is 0 Å². The van der Waals surface area contributed by atoms with Gasteiger partial charge in [-0.15, -0.1) is 0 Å². The van der Waals surface area contributed by atoms with Crippen molar-refractivity contribution in [2.45, 2.75) is 193 Å². The SMILES string of the molecule is C1CCCCCCCCC1.C1CCCCCCCCC1.CC1CCCCCCCCC1.O=C(O)CO. The minimum absolute atomic E-state index is 0.778. The molecule has 3 aliphatic rings. The van der Waals surface area contributed by atoms with E-state index in [2.05, 4.69) is 6.92 Å². The molecule has 3 fully saturated rings. The highest BCUT2D eigenvalue weighted by Crippen LogP contribution is 2.20. The van der Waals surface area contributed by atoms with Gasteiger partial charge in [0.2, 0.25) is 0 Å². The van der Waals surface area contributed by atoms with Gasteiger partial charge in [-0.25, -0.2) is 4.79 Å². The Labute approximate surface area is 226 Å². The summed E-state index contributed by atoms with van der Waals surface area (Å²) in [5.74, 6) is -0.182. The Kier molecular flexibility index (Phi) is 30.2. The Balaban J connectivity index is 0.000000468. The predicted octanol–water partition coefficient (Wildman–Crippen LogP) is 11.0. The minimum Gasteiger partial charge on any atom is -0.480 e. The van der Waals surface area contributed by atoms with E-state index in [1.807, 2.05) is 0 Å². The summed E-state index contributed by atoms with van der Waals surface area (Å²) in [6.45, 7) is 1.64. The van der Waals surface area contributed by atoms with Crippen molar-refractivity contribution in [1.82, 2.24) is 0 Å². The Morgan fingerprint density at radius 1 is 0.444 bits per heavy atom. The largest absolute Gasteiger partial charge is 0.480 e. The maximum atomic E-state index is 9.12. The van der Waals surface area contributed by atoms with E-state index in [0.717, 1.165) is 5.92 Å². The Bertz CT molecular complexity index is 327. The second-order valence-electron chi connectivity index (χ2n) is 11.8. The maximum Gasteiger partial charge on any atom is 0.329 e. The number of hydrogen-bond acceptors (Lipinski definition) is 2. The molecule has 0 bridgehead atoms. The molecule has 0 spiro atoms. The lowest BCUT2D eigenvalue weighted by Gasteiger charge is -2.12. The molecule has 0 heterocycles. The van der Waals surface area contributed by atoms with Crippen LogP contribution in [0.4, 0.5) is 0 Å². The van der Waals surface area contributed by atoms with Crippen molar-refractivity contribution in [1.29, 1.82) is 0 Å². The van der Waals surface area contributed by atoms with Gasteiger partial charge >= 0.3 is 5.97 Å². The molecule has 0 aromatic rings. The average molecular weight is 511 g/mol. The quantitative estimate of drug-likeness (QED) is 0.369. The number of aliphatic hydroxyl groups is 1. The average Bonchev–Trinajstić information content (AvgIpc) is 2.91. The molecule has 3 nitrogen and oxygen atoms in total. The van der Waals surface area contributed by atoms with E-state index in [0.29, 0.717) is 0 Å². The zero-order valence-corrected chi connectivity index (χ0v) is 24.6. The fraction of sp³-hybridized carbons (Fsp3) is 0.970. The van der Waals surface area contributed by atoms with Crippen LogP contribution in [0.1, 0.15) is 193 Å². The van der Waals surface area contributed by atoms with E-state index in [1.54, 1.807) is 0 Å². The van der Waals surface area contributed by atoms with Crippen LogP contribution in [0, 0.1) is 5.92 Å². The van der Waals surface area contributed by atoms with Gasteiger partial charge in [0.25, 0.3) is 0 Å². The third-order valence-electron chi connectivity index (χ3n) is 8.03. The molecule has 36 heavy (non-hydrogen) atoms. The molecule has 3 rings (SSSR count). The predicted molar refractivity (Wildman–Crippen MR) is 158 cm³/mol. The van der Waals surface area contributed by atoms with Gasteiger partial charge < -0.3 is 10.2 Å². The van der Waals surface area contributed by atoms with Gasteiger partial charge in [0.05, 0.1) is 0 Å². The summed E-state index contributed by atoms with van der Waals surface area (Å²) in [6.07, 6.45) is 43.4.